The Kier molecular flexibility index (Phi) is 7.17. The minimum atomic E-state index is -0.735. The van der Waals surface area contributed by atoms with Crippen molar-refractivity contribution >= 4 is 34.2 Å². The minimum Gasteiger partial charge on any atom is -0.490 e. The molecule has 38 heavy (non-hydrogen) atoms. The summed E-state index contributed by atoms with van der Waals surface area (Å²) in [4.78, 5) is 29.3. The van der Waals surface area contributed by atoms with Gasteiger partial charge in [-0.05, 0) is 74.2 Å². The third-order valence-electron chi connectivity index (χ3n) is 6.65. The molecule has 0 saturated carbocycles. The molecule has 1 amide bonds. The predicted octanol–water partition coefficient (Wildman–Crippen LogP) is 7.33. The number of benzene rings is 3. The van der Waals surface area contributed by atoms with Crippen molar-refractivity contribution in [3.8, 4) is 11.5 Å². The first-order valence-electron chi connectivity index (χ1n) is 12.8. The van der Waals surface area contributed by atoms with E-state index in [1.54, 1.807) is 41.3 Å². The number of nitrogens with zero attached hydrogens (tertiary/aromatic N) is 1. The maximum Gasteiger partial charge on any atom is 0.295 e. The number of fused-ring (bicyclic) bond motifs is 2. The number of amides is 1. The Labute approximate surface area is 226 Å². The molecule has 6 nitrogen and oxygen atoms in total. The van der Waals surface area contributed by atoms with Gasteiger partial charge in [-0.15, -0.1) is 0 Å². The van der Waals surface area contributed by atoms with Gasteiger partial charge < -0.3 is 13.9 Å². The lowest BCUT2D eigenvalue weighted by Gasteiger charge is -2.26. The molecule has 3 aromatic carbocycles. The van der Waals surface area contributed by atoms with Gasteiger partial charge in [0.1, 0.15) is 5.58 Å². The van der Waals surface area contributed by atoms with Crippen LogP contribution in [0.2, 0.25) is 5.02 Å². The molecule has 1 unspecified atom stereocenters. The fourth-order valence-corrected chi connectivity index (χ4v) is 4.97. The zero-order valence-corrected chi connectivity index (χ0v) is 22.7. The molecule has 0 spiro atoms. The molecule has 0 fully saturated rings. The summed E-state index contributed by atoms with van der Waals surface area (Å²) >= 11 is 6.31. The van der Waals surface area contributed by atoms with Crippen LogP contribution in [0.5, 0.6) is 11.5 Å². The molecule has 1 atom stereocenters. The van der Waals surface area contributed by atoms with E-state index >= 15 is 0 Å². The molecule has 5 rings (SSSR count). The predicted molar refractivity (Wildman–Crippen MR) is 150 cm³/mol. The Morgan fingerprint density at radius 1 is 1.00 bits per heavy atom. The lowest BCUT2D eigenvalue weighted by Crippen LogP contribution is -2.29. The molecule has 2 heterocycles. The van der Waals surface area contributed by atoms with Crippen LogP contribution in [0.4, 0.5) is 5.69 Å². The third-order valence-corrected chi connectivity index (χ3v) is 6.88. The fraction of sp³-hybridized carbons (Fsp3) is 0.290. The maximum absolute atomic E-state index is 13.9. The highest BCUT2D eigenvalue weighted by Crippen LogP contribution is 2.43. The van der Waals surface area contributed by atoms with Crippen LogP contribution in [0, 0.1) is 12.8 Å². The first-order valence-corrected chi connectivity index (χ1v) is 13.2. The van der Waals surface area contributed by atoms with E-state index in [1.165, 1.54) is 0 Å². The van der Waals surface area contributed by atoms with Crippen LogP contribution in [-0.4, -0.2) is 19.1 Å². The van der Waals surface area contributed by atoms with Crippen LogP contribution in [0.25, 0.3) is 11.0 Å². The van der Waals surface area contributed by atoms with E-state index in [9.17, 15) is 9.59 Å². The summed E-state index contributed by atoms with van der Waals surface area (Å²) in [6.07, 6.45) is 0.911. The monoisotopic (exact) mass is 531 g/mol. The zero-order valence-electron chi connectivity index (χ0n) is 21.9. The van der Waals surface area contributed by atoms with Crippen molar-refractivity contribution in [2.45, 2.75) is 40.2 Å². The Bertz CT molecular complexity index is 1570. The van der Waals surface area contributed by atoms with Gasteiger partial charge in [-0.2, -0.15) is 0 Å². The molecule has 1 aromatic heterocycles. The highest BCUT2D eigenvalue weighted by molar-refractivity contribution is 6.31. The quantitative estimate of drug-likeness (QED) is 0.238. The summed E-state index contributed by atoms with van der Waals surface area (Å²) in [5.41, 5.74) is 2.64. The highest BCUT2D eigenvalue weighted by Gasteiger charge is 2.44. The number of carbonyl (C=O) groups excluding carboxylic acids is 1. The average Bonchev–Trinajstić information content (AvgIpc) is 3.18. The second kappa shape index (κ2) is 10.5. The standard InChI is InChI=1S/C31H30ClNO5/c1-5-36-26-16-20(10-12-25(26)37-14-13-18(2)3)28-27-29(34)23-15-19(4)9-11-24(23)38-30(27)31(35)33(28)22-8-6-7-21(32)17-22/h6-12,15-18,28H,5,13-14H2,1-4H3. The Hall–Kier alpha value is -3.77. The second-order valence-corrected chi connectivity index (χ2v) is 10.3. The number of carbonyl (C=O) groups is 1. The van der Waals surface area contributed by atoms with Gasteiger partial charge in [-0.1, -0.05) is 49.2 Å². The number of halogens is 1. The number of hydrogen-bond acceptors (Lipinski definition) is 5. The lowest BCUT2D eigenvalue weighted by atomic mass is 9.97. The Morgan fingerprint density at radius 3 is 2.55 bits per heavy atom. The maximum atomic E-state index is 13.9. The third kappa shape index (κ3) is 4.76. The van der Waals surface area contributed by atoms with Gasteiger partial charge in [0.05, 0.1) is 30.2 Å². The summed E-state index contributed by atoms with van der Waals surface area (Å²) in [6.45, 7) is 9.11. The molecular formula is C31H30ClNO5. The SMILES string of the molecule is CCOc1cc(C2c3c(oc4ccc(C)cc4c3=O)C(=O)N2c2cccc(Cl)c2)ccc1OCCC(C)C. The van der Waals surface area contributed by atoms with Gasteiger partial charge in [-0.25, -0.2) is 0 Å². The van der Waals surface area contributed by atoms with Crippen LogP contribution >= 0.6 is 11.6 Å². The minimum absolute atomic E-state index is 0.0338. The molecule has 196 valence electrons. The van der Waals surface area contributed by atoms with Crippen LogP contribution < -0.4 is 19.8 Å². The zero-order chi connectivity index (χ0) is 27.0. The first-order chi connectivity index (χ1) is 18.3. The smallest absolute Gasteiger partial charge is 0.295 e. The van der Waals surface area contributed by atoms with E-state index in [1.807, 2.05) is 38.1 Å². The first kappa shape index (κ1) is 25.9. The Morgan fingerprint density at radius 2 is 1.82 bits per heavy atom. The largest absolute Gasteiger partial charge is 0.490 e. The molecule has 0 bridgehead atoms. The Balaban J connectivity index is 1.70. The van der Waals surface area contributed by atoms with Gasteiger partial charge in [0.2, 0.25) is 5.76 Å². The molecule has 1 aliphatic heterocycles. The van der Waals surface area contributed by atoms with Crippen LogP contribution in [0.3, 0.4) is 0 Å². The highest BCUT2D eigenvalue weighted by atomic mass is 35.5. The fourth-order valence-electron chi connectivity index (χ4n) is 4.78. The van der Waals surface area contributed by atoms with Gasteiger partial charge in [0.25, 0.3) is 5.91 Å². The van der Waals surface area contributed by atoms with Crippen LogP contribution in [0.1, 0.15) is 60.5 Å². The lowest BCUT2D eigenvalue weighted by molar-refractivity contribution is 0.0971. The van der Waals surface area contributed by atoms with Crippen molar-refractivity contribution < 1.29 is 18.7 Å². The molecule has 4 aromatic rings. The number of anilines is 1. The average molecular weight is 532 g/mol. The molecule has 0 radical (unpaired) electrons. The second-order valence-electron chi connectivity index (χ2n) is 9.90. The number of rotatable bonds is 8. The summed E-state index contributed by atoms with van der Waals surface area (Å²) in [5.74, 6) is 1.32. The van der Waals surface area contributed by atoms with Crippen molar-refractivity contribution in [2.75, 3.05) is 18.1 Å². The van der Waals surface area contributed by atoms with E-state index in [0.717, 1.165) is 12.0 Å². The van der Waals surface area contributed by atoms with E-state index in [0.29, 0.717) is 63.4 Å². The van der Waals surface area contributed by atoms with Gasteiger partial charge in [-0.3, -0.25) is 14.5 Å². The van der Waals surface area contributed by atoms with Crippen LogP contribution in [0.15, 0.2) is 69.9 Å². The van der Waals surface area contributed by atoms with E-state index < -0.39 is 11.9 Å². The van der Waals surface area contributed by atoms with Crippen molar-refractivity contribution in [2.24, 2.45) is 5.92 Å². The van der Waals surface area contributed by atoms with Crippen molar-refractivity contribution in [3.05, 3.63) is 98.4 Å². The normalized spacial score (nSPS) is 14.8. The van der Waals surface area contributed by atoms with E-state index in [-0.39, 0.29) is 11.2 Å². The topological polar surface area (TPSA) is 69.0 Å². The van der Waals surface area contributed by atoms with E-state index in [2.05, 4.69) is 13.8 Å². The summed E-state index contributed by atoms with van der Waals surface area (Å²) in [6, 6.07) is 17.2. The molecular weight excluding hydrogens is 502 g/mol. The molecule has 7 heteroatoms. The molecule has 1 aliphatic rings. The summed E-state index contributed by atoms with van der Waals surface area (Å²) in [7, 11) is 0. The molecule has 0 aliphatic carbocycles. The van der Waals surface area contributed by atoms with E-state index in [4.69, 9.17) is 25.5 Å². The summed E-state index contributed by atoms with van der Waals surface area (Å²) in [5, 5.41) is 0.919. The van der Waals surface area contributed by atoms with Crippen LogP contribution in [-0.2, 0) is 0 Å². The number of ether oxygens (including phenoxy) is 2. The van der Waals surface area contributed by atoms with Gasteiger partial charge in [0, 0.05) is 10.7 Å². The van der Waals surface area contributed by atoms with Gasteiger partial charge in [0.15, 0.2) is 16.9 Å². The van der Waals surface area contributed by atoms with Crippen molar-refractivity contribution in [3.63, 3.8) is 0 Å². The van der Waals surface area contributed by atoms with Crippen molar-refractivity contribution in [1.29, 1.82) is 0 Å². The van der Waals surface area contributed by atoms with Gasteiger partial charge >= 0.3 is 0 Å². The number of aryl methyl sites for hydroxylation is 1. The molecule has 0 N–H and O–H groups in total. The molecule has 0 saturated heterocycles. The summed E-state index contributed by atoms with van der Waals surface area (Å²) < 4.78 is 18.0. The number of hydrogen-bond donors (Lipinski definition) is 0. The van der Waals surface area contributed by atoms with Crippen molar-refractivity contribution in [1.82, 2.24) is 0 Å².